The molecule has 6 heteroatoms. The normalized spacial score (nSPS) is 14.8. The van der Waals surface area contributed by atoms with E-state index in [0.29, 0.717) is 5.75 Å². The lowest BCUT2D eigenvalue weighted by atomic mass is 10.0. The van der Waals surface area contributed by atoms with E-state index in [-0.39, 0.29) is 18.6 Å². The van der Waals surface area contributed by atoms with Crippen LogP contribution < -0.4 is 19.7 Å². The minimum absolute atomic E-state index is 0.0420. The number of ether oxygens (including phenoxy) is 2. The molecule has 1 fully saturated rings. The zero-order valence-electron chi connectivity index (χ0n) is 14.8. The zero-order valence-corrected chi connectivity index (χ0v) is 16.4. The van der Waals surface area contributed by atoms with Gasteiger partial charge < -0.3 is 19.7 Å². The van der Waals surface area contributed by atoms with E-state index in [1.54, 1.807) is 7.11 Å². The van der Waals surface area contributed by atoms with Crippen molar-refractivity contribution in [3.63, 3.8) is 0 Å². The molecular weight excluding hydrogens is 396 g/mol. The van der Waals surface area contributed by atoms with Gasteiger partial charge in [0.25, 0.3) is 5.91 Å². The third kappa shape index (κ3) is 5.14. The van der Waals surface area contributed by atoms with Crippen LogP contribution in [0.15, 0.2) is 53.0 Å². The predicted molar refractivity (Wildman–Crippen MR) is 106 cm³/mol. The van der Waals surface area contributed by atoms with Crippen LogP contribution in [-0.2, 0) is 4.79 Å². The third-order valence-electron chi connectivity index (χ3n) is 4.48. The number of carbonyl (C=O) groups excluding carboxylic acids is 1. The Morgan fingerprint density at radius 2 is 1.69 bits per heavy atom. The van der Waals surface area contributed by atoms with E-state index in [1.807, 2.05) is 36.4 Å². The van der Waals surface area contributed by atoms with Crippen LogP contribution in [0.1, 0.15) is 12.8 Å². The van der Waals surface area contributed by atoms with Crippen molar-refractivity contribution in [1.29, 1.82) is 0 Å². The van der Waals surface area contributed by atoms with Crippen LogP contribution in [0.2, 0.25) is 0 Å². The Labute approximate surface area is 162 Å². The average Bonchev–Trinajstić information content (AvgIpc) is 2.68. The number of nitrogens with zero attached hydrogens (tertiary/aromatic N) is 1. The van der Waals surface area contributed by atoms with Gasteiger partial charge >= 0.3 is 0 Å². The highest BCUT2D eigenvalue weighted by Gasteiger charge is 2.21. The van der Waals surface area contributed by atoms with Crippen LogP contribution in [-0.4, -0.2) is 38.8 Å². The van der Waals surface area contributed by atoms with E-state index in [2.05, 4.69) is 38.3 Å². The van der Waals surface area contributed by atoms with Gasteiger partial charge in [-0.15, -0.1) is 0 Å². The average molecular weight is 419 g/mol. The first-order valence-corrected chi connectivity index (χ1v) is 9.50. The number of benzene rings is 2. The van der Waals surface area contributed by atoms with Crippen LogP contribution in [0, 0.1) is 0 Å². The number of rotatable bonds is 6. The van der Waals surface area contributed by atoms with Gasteiger partial charge in [0.1, 0.15) is 11.5 Å². The van der Waals surface area contributed by atoms with Crippen molar-refractivity contribution >= 4 is 27.5 Å². The standard InChI is InChI=1S/C20H23BrN2O3/c1-25-18-8-4-17(5-9-18)23-12-10-16(11-13-23)22-20(24)14-26-19-6-2-15(21)3-7-19/h2-9,16H,10-14H2,1H3,(H,22,24). The molecule has 2 aromatic rings. The SMILES string of the molecule is COc1ccc(N2CCC(NC(=O)COc3ccc(Br)cc3)CC2)cc1. The second kappa shape index (κ2) is 8.94. The van der Waals surface area contributed by atoms with Gasteiger partial charge in [0, 0.05) is 29.3 Å². The van der Waals surface area contributed by atoms with Crippen LogP contribution in [0.4, 0.5) is 5.69 Å². The first-order valence-electron chi connectivity index (χ1n) is 8.71. The summed E-state index contributed by atoms with van der Waals surface area (Å²) in [7, 11) is 1.67. The second-order valence-electron chi connectivity index (χ2n) is 6.27. The van der Waals surface area contributed by atoms with E-state index in [0.717, 1.165) is 36.2 Å². The highest BCUT2D eigenvalue weighted by Crippen LogP contribution is 2.23. The molecule has 1 amide bonds. The second-order valence-corrected chi connectivity index (χ2v) is 7.19. The molecule has 26 heavy (non-hydrogen) atoms. The van der Waals surface area contributed by atoms with E-state index in [4.69, 9.17) is 9.47 Å². The number of carbonyl (C=O) groups is 1. The van der Waals surface area contributed by atoms with Crippen molar-refractivity contribution < 1.29 is 14.3 Å². The number of nitrogens with one attached hydrogen (secondary N) is 1. The molecular formula is C20H23BrN2O3. The number of methoxy groups -OCH3 is 1. The van der Waals surface area contributed by atoms with Crippen LogP contribution in [0.5, 0.6) is 11.5 Å². The monoisotopic (exact) mass is 418 g/mol. The molecule has 0 spiro atoms. The molecule has 138 valence electrons. The smallest absolute Gasteiger partial charge is 0.258 e. The Bertz CT molecular complexity index is 711. The molecule has 0 radical (unpaired) electrons. The summed E-state index contributed by atoms with van der Waals surface area (Å²) in [5.74, 6) is 1.48. The number of halogens is 1. The predicted octanol–water partition coefficient (Wildman–Crippen LogP) is 3.62. The molecule has 1 N–H and O–H groups in total. The lowest BCUT2D eigenvalue weighted by Gasteiger charge is -2.34. The van der Waals surface area contributed by atoms with E-state index < -0.39 is 0 Å². The Hall–Kier alpha value is -2.21. The number of hydrogen-bond acceptors (Lipinski definition) is 4. The van der Waals surface area contributed by atoms with Crippen LogP contribution in [0.25, 0.3) is 0 Å². The van der Waals surface area contributed by atoms with Gasteiger partial charge in [-0.05, 0) is 61.4 Å². The van der Waals surface area contributed by atoms with Crippen molar-refractivity contribution in [3.05, 3.63) is 53.0 Å². The number of amides is 1. The third-order valence-corrected chi connectivity index (χ3v) is 5.01. The van der Waals surface area contributed by atoms with E-state index in [9.17, 15) is 4.79 Å². The largest absolute Gasteiger partial charge is 0.497 e. The Balaban J connectivity index is 1.41. The molecule has 0 bridgehead atoms. The Kier molecular flexibility index (Phi) is 6.39. The molecule has 1 aliphatic rings. The highest BCUT2D eigenvalue weighted by atomic mass is 79.9. The summed E-state index contributed by atoms with van der Waals surface area (Å²) in [5.41, 5.74) is 1.19. The fourth-order valence-electron chi connectivity index (χ4n) is 3.02. The number of anilines is 1. The molecule has 0 aliphatic carbocycles. The number of piperidine rings is 1. The molecule has 1 heterocycles. The lowest BCUT2D eigenvalue weighted by Crippen LogP contribution is -2.46. The molecule has 1 saturated heterocycles. The van der Waals surface area contributed by atoms with Gasteiger partial charge in [-0.1, -0.05) is 15.9 Å². The summed E-state index contributed by atoms with van der Waals surface area (Å²) in [5, 5.41) is 3.07. The van der Waals surface area contributed by atoms with Gasteiger partial charge in [0.2, 0.25) is 0 Å². The summed E-state index contributed by atoms with van der Waals surface area (Å²) < 4.78 is 11.7. The highest BCUT2D eigenvalue weighted by molar-refractivity contribution is 9.10. The van der Waals surface area contributed by atoms with Crippen molar-refractivity contribution in [1.82, 2.24) is 5.32 Å². The van der Waals surface area contributed by atoms with Crippen molar-refractivity contribution in [2.75, 3.05) is 31.7 Å². The first-order chi connectivity index (χ1) is 12.6. The van der Waals surface area contributed by atoms with Crippen molar-refractivity contribution in [3.8, 4) is 11.5 Å². The van der Waals surface area contributed by atoms with Gasteiger partial charge in [-0.2, -0.15) is 0 Å². The fourth-order valence-corrected chi connectivity index (χ4v) is 3.29. The first kappa shape index (κ1) is 18.6. The van der Waals surface area contributed by atoms with E-state index >= 15 is 0 Å². The topological polar surface area (TPSA) is 50.8 Å². The van der Waals surface area contributed by atoms with Crippen molar-refractivity contribution in [2.24, 2.45) is 0 Å². The molecule has 0 atom stereocenters. The minimum Gasteiger partial charge on any atom is -0.497 e. The van der Waals surface area contributed by atoms with Crippen molar-refractivity contribution in [2.45, 2.75) is 18.9 Å². The lowest BCUT2D eigenvalue weighted by molar-refractivity contribution is -0.123. The molecule has 0 saturated carbocycles. The maximum Gasteiger partial charge on any atom is 0.258 e. The molecule has 2 aromatic carbocycles. The molecule has 0 unspecified atom stereocenters. The molecule has 3 rings (SSSR count). The summed E-state index contributed by atoms with van der Waals surface area (Å²) >= 11 is 3.37. The fraction of sp³-hybridized carbons (Fsp3) is 0.350. The van der Waals surface area contributed by atoms with Gasteiger partial charge in [-0.3, -0.25) is 4.79 Å². The molecule has 0 aromatic heterocycles. The Morgan fingerprint density at radius 3 is 2.31 bits per heavy atom. The minimum atomic E-state index is -0.0733. The summed E-state index contributed by atoms with van der Waals surface area (Å²) in [6.07, 6.45) is 1.85. The molecule has 1 aliphatic heterocycles. The summed E-state index contributed by atoms with van der Waals surface area (Å²) in [6.45, 7) is 1.88. The number of hydrogen-bond donors (Lipinski definition) is 1. The maximum atomic E-state index is 12.1. The summed E-state index contributed by atoms with van der Waals surface area (Å²) in [4.78, 5) is 14.4. The maximum absolute atomic E-state index is 12.1. The Morgan fingerprint density at radius 1 is 1.08 bits per heavy atom. The zero-order chi connectivity index (χ0) is 18.4. The molecule has 5 nitrogen and oxygen atoms in total. The van der Waals surface area contributed by atoms with Gasteiger partial charge in [0.05, 0.1) is 7.11 Å². The van der Waals surface area contributed by atoms with Crippen LogP contribution in [0.3, 0.4) is 0 Å². The quantitative estimate of drug-likeness (QED) is 0.777. The van der Waals surface area contributed by atoms with Gasteiger partial charge in [-0.25, -0.2) is 0 Å². The summed E-state index contributed by atoms with van der Waals surface area (Å²) in [6, 6.07) is 15.8. The van der Waals surface area contributed by atoms with Crippen LogP contribution >= 0.6 is 15.9 Å². The van der Waals surface area contributed by atoms with Gasteiger partial charge in [0.15, 0.2) is 6.61 Å². The van der Waals surface area contributed by atoms with E-state index in [1.165, 1.54) is 5.69 Å².